The maximum Gasteiger partial charge on any atom is 0.225 e. The molecule has 0 bridgehead atoms. The van der Waals surface area contributed by atoms with Crippen molar-refractivity contribution in [1.29, 1.82) is 0 Å². The van der Waals surface area contributed by atoms with E-state index in [9.17, 15) is 9.59 Å². The number of nitrogens with one attached hydrogen (secondary N) is 1. The van der Waals surface area contributed by atoms with Gasteiger partial charge in [-0.15, -0.1) is 0 Å². The first-order valence-electron chi connectivity index (χ1n) is 10.9. The van der Waals surface area contributed by atoms with Crippen molar-refractivity contribution in [3.63, 3.8) is 0 Å². The Kier molecular flexibility index (Phi) is 6.25. The summed E-state index contributed by atoms with van der Waals surface area (Å²) in [5, 5.41) is 3.29. The molecule has 1 saturated carbocycles. The Hall–Kier alpha value is -1.95. The zero-order valence-electron chi connectivity index (χ0n) is 16.7. The predicted octanol–water partition coefficient (Wildman–Crippen LogP) is 2.34. The van der Waals surface area contributed by atoms with E-state index in [1.165, 1.54) is 18.4 Å². The molecule has 1 N–H and O–H groups in total. The Morgan fingerprint density at radius 1 is 1.07 bits per heavy atom. The smallest absolute Gasteiger partial charge is 0.225 e. The quantitative estimate of drug-likeness (QED) is 0.846. The van der Waals surface area contributed by atoms with Crippen LogP contribution < -0.4 is 5.32 Å². The Labute approximate surface area is 167 Å². The normalized spacial score (nSPS) is 25.2. The van der Waals surface area contributed by atoms with E-state index in [1.54, 1.807) is 0 Å². The molecule has 1 aromatic rings. The van der Waals surface area contributed by atoms with Gasteiger partial charge >= 0.3 is 0 Å². The molecule has 1 atom stereocenters. The second-order valence-corrected chi connectivity index (χ2v) is 8.63. The molecule has 1 aromatic heterocycles. The molecule has 1 aliphatic carbocycles. The van der Waals surface area contributed by atoms with Gasteiger partial charge in [-0.3, -0.25) is 19.5 Å². The van der Waals surface area contributed by atoms with Gasteiger partial charge in [-0.05, 0) is 49.8 Å². The third kappa shape index (κ3) is 4.72. The van der Waals surface area contributed by atoms with Crippen molar-refractivity contribution in [1.82, 2.24) is 20.1 Å². The third-order valence-electron chi connectivity index (χ3n) is 6.67. The molecular weight excluding hydrogens is 352 g/mol. The van der Waals surface area contributed by atoms with Crippen molar-refractivity contribution in [3.05, 3.63) is 30.1 Å². The van der Waals surface area contributed by atoms with Gasteiger partial charge in [-0.25, -0.2) is 0 Å². The summed E-state index contributed by atoms with van der Waals surface area (Å²) < 4.78 is 0. The molecule has 152 valence electrons. The molecule has 2 saturated heterocycles. The average Bonchev–Trinajstić information content (AvgIpc) is 3.25. The molecule has 0 unspecified atom stereocenters. The number of pyridine rings is 1. The molecule has 0 aromatic carbocycles. The van der Waals surface area contributed by atoms with Gasteiger partial charge in [0.15, 0.2) is 0 Å². The van der Waals surface area contributed by atoms with Crippen molar-refractivity contribution >= 4 is 11.8 Å². The van der Waals surface area contributed by atoms with Crippen LogP contribution in [0.2, 0.25) is 0 Å². The van der Waals surface area contributed by atoms with Gasteiger partial charge in [0.05, 0.1) is 5.92 Å². The predicted molar refractivity (Wildman–Crippen MR) is 107 cm³/mol. The minimum atomic E-state index is -0.0341. The lowest BCUT2D eigenvalue weighted by atomic mass is 9.94. The van der Waals surface area contributed by atoms with E-state index in [1.807, 2.05) is 17.3 Å². The number of rotatable bonds is 5. The second-order valence-electron chi connectivity index (χ2n) is 8.63. The van der Waals surface area contributed by atoms with E-state index < -0.39 is 0 Å². The lowest BCUT2D eigenvalue weighted by Gasteiger charge is -2.37. The molecule has 4 rings (SSSR count). The summed E-state index contributed by atoms with van der Waals surface area (Å²) in [6.45, 7) is 3.58. The number of nitrogens with zero attached hydrogens (tertiary/aromatic N) is 3. The van der Waals surface area contributed by atoms with Crippen LogP contribution in [0.25, 0.3) is 0 Å². The summed E-state index contributed by atoms with van der Waals surface area (Å²) in [5.74, 6) is 0.372. The highest BCUT2D eigenvalue weighted by molar-refractivity contribution is 5.84. The van der Waals surface area contributed by atoms with E-state index in [2.05, 4.69) is 27.3 Å². The molecule has 3 fully saturated rings. The van der Waals surface area contributed by atoms with Gasteiger partial charge in [-0.2, -0.15) is 0 Å². The first kappa shape index (κ1) is 19.4. The highest BCUT2D eigenvalue weighted by atomic mass is 16.2. The number of carbonyl (C=O) groups excluding carboxylic acids is 2. The Morgan fingerprint density at radius 3 is 2.50 bits per heavy atom. The summed E-state index contributed by atoms with van der Waals surface area (Å²) in [5.41, 5.74) is 1.29. The van der Waals surface area contributed by atoms with Crippen LogP contribution >= 0.6 is 0 Å². The largest absolute Gasteiger partial charge is 0.353 e. The zero-order valence-corrected chi connectivity index (χ0v) is 16.7. The summed E-state index contributed by atoms with van der Waals surface area (Å²) in [6.07, 6.45) is 11.5. The van der Waals surface area contributed by atoms with Gasteiger partial charge < -0.3 is 10.2 Å². The van der Waals surface area contributed by atoms with Gasteiger partial charge in [0, 0.05) is 57.1 Å². The van der Waals surface area contributed by atoms with Crippen molar-refractivity contribution in [3.8, 4) is 0 Å². The zero-order chi connectivity index (χ0) is 19.3. The van der Waals surface area contributed by atoms with E-state index in [4.69, 9.17) is 0 Å². The van der Waals surface area contributed by atoms with Crippen molar-refractivity contribution < 1.29 is 9.59 Å². The SMILES string of the molecule is O=C(NC1CCN(Cc2ccncc2)CC1)[C@@H]1CCC(=O)N(C2CCCC2)C1. The van der Waals surface area contributed by atoms with Gasteiger partial charge in [0.1, 0.15) is 0 Å². The Bertz CT molecular complexity index is 666. The number of likely N-dealkylation sites (tertiary alicyclic amines) is 2. The summed E-state index contributed by atoms with van der Waals surface area (Å²) >= 11 is 0. The molecule has 0 spiro atoms. The van der Waals surface area contributed by atoms with Crippen LogP contribution in [0.5, 0.6) is 0 Å². The van der Waals surface area contributed by atoms with Gasteiger partial charge in [-0.1, -0.05) is 12.8 Å². The number of amides is 2. The molecule has 28 heavy (non-hydrogen) atoms. The van der Waals surface area contributed by atoms with E-state index in [-0.39, 0.29) is 23.8 Å². The topological polar surface area (TPSA) is 65.5 Å². The monoisotopic (exact) mass is 384 g/mol. The summed E-state index contributed by atoms with van der Waals surface area (Å²) in [6, 6.07) is 4.76. The molecule has 6 heteroatoms. The lowest BCUT2D eigenvalue weighted by molar-refractivity contribution is -0.140. The number of aromatic nitrogens is 1. The first-order valence-corrected chi connectivity index (χ1v) is 10.9. The minimum Gasteiger partial charge on any atom is -0.353 e. The van der Waals surface area contributed by atoms with Crippen LogP contribution in [0.3, 0.4) is 0 Å². The van der Waals surface area contributed by atoms with Gasteiger partial charge in [0.2, 0.25) is 11.8 Å². The second kappa shape index (κ2) is 9.03. The maximum absolute atomic E-state index is 12.8. The van der Waals surface area contributed by atoms with Crippen LogP contribution in [-0.2, 0) is 16.1 Å². The van der Waals surface area contributed by atoms with E-state index >= 15 is 0 Å². The van der Waals surface area contributed by atoms with E-state index in [0.29, 0.717) is 25.4 Å². The molecule has 6 nitrogen and oxygen atoms in total. The molecule has 3 heterocycles. The van der Waals surface area contributed by atoms with Crippen LogP contribution in [0, 0.1) is 5.92 Å². The van der Waals surface area contributed by atoms with Gasteiger partial charge in [0.25, 0.3) is 0 Å². The molecule has 2 amide bonds. The third-order valence-corrected chi connectivity index (χ3v) is 6.67. The van der Waals surface area contributed by atoms with Crippen molar-refractivity contribution in [2.24, 2.45) is 5.92 Å². The molecule has 0 radical (unpaired) electrons. The number of hydrogen-bond donors (Lipinski definition) is 1. The molecular formula is C22H32N4O2. The lowest BCUT2D eigenvalue weighted by Crippen LogP contribution is -2.52. The minimum absolute atomic E-state index is 0.0341. The fourth-order valence-electron chi connectivity index (χ4n) is 4.96. The maximum atomic E-state index is 12.8. The van der Waals surface area contributed by atoms with Crippen molar-refractivity contribution in [2.75, 3.05) is 19.6 Å². The summed E-state index contributed by atoms with van der Waals surface area (Å²) in [4.78, 5) is 33.7. The van der Waals surface area contributed by atoms with Crippen LogP contribution in [0.1, 0.15) is 56.9 Å². The Balaban J connectivity index is 1.23. The Morgan fingerprint density at radius 2 is 1.79 bits per heavy atom. The molecule has 2 aliphatic heterocycles. The highest BCUT2D eigenvalue weighted by Crippen LogP contribution is 2.29. The average molecular weight is 385 g/mol. The standard InChI is InChI=1S/C22H32N4O2/c27-21-6-5-18(16-26(21)20-3-1-2-4-20)22(28)24-19-9-13-25(14-10-19)15-17-7-11-23-12-8-17/h7-8,11-12,18-20H,1-6,9-10,13-16H2,(H,24,28)/t18-/m1/s1. The first-order chi connectivity index (χ1) is 13.7. The van der Waals surface area contributed by atoms with Crippen molar-refractivity contribution in [2.45, 2.75) is 70.0 Å². The number of piperidine rings is 2. The fraction of sp³-hybridized carbons (Fsp3) is 0.682. The molecule has 3 aliphatic rings. The van der Waals surface area contributed by atoms with Crippen LogP contribution in [-0.4, -0.2) is 58.3 Å². The van der Waals surface area contributed by atoms with Crippen LogP contribution in [0.4, 0.5) is 0 Å². The van der Waals surface area contributed by atoms with Crippen LogP contribution in [0.15, 0.2) is 24.5 Å². The number of carbonyl (C=O) groups is 2. The van der Waals surface area contributed by atoms with E-state index in [0.717, 1.165) is 45.3 Å². The number of hydrogen-bond acceptors (Lipinski definition) is 4. The summed E-state index contributed by atoms with van der Waals surface area (Å²) in [7, 11) is 0. The fourth-order valence-corrected chi connectivity index (χ4v) is 4.96. The highest BCUT2D eigenvalue weighted by Gasteiger charge is 2.35.